The molecule has 2 aromatic carbocycles. The third kappa shape index (κ3) is 9.96. The molecule has 0 amide bonds. The normalized spacial score (nSPS) is 20.9. The number of aryl methyl sites for hydroxylation is 1. The van der Waals surface area contributed by atoms with E-state index in [-0.39, 0.29) is 18.3 Å². The average molecular weight is 642 g/mol. The molecule has 1 aliphatic rings. The van der Waals surface area contributed by atoms with E-state index in [1.807, 2.05) is 31.2 Å². The number of hydrogen-bond donors (Lipinski definition) is 1. The smallest absolute Gasteiger partial charge is 0.131 e. The molecule has 1 aromatic heterocycles. The second kappa shape index (κ2) is 18.9. The zero-order valence-electron chi connectivity index (χ0n) is 28.1. The van der Waals surface area contributed by atoms with Crippen LogP contribution >= 0.6 is 11.3 Å². The van der Waals surface area contributed by atoms with Crippen molar-refractivity contribution in [3.63, 3.8) is 0 Å². The van der Waals surface area contributed by atoms with Gasteiger partial charge in [0.2, 0.25) is 0 Å². The van der Waals surface area contributed by atoms with Crippen LogP contribution in [0.1, 0.15) is 119 Å². The topological polar surface area (TPSA) is 79.3 Å². The van der Waals surface area contributed by atoms with Gasteiger partial charge in [-0.15, -0.1) is 11.3 Å². The molecule has 5 atom stereocenters. The van der Waals surface area contributed by atoms with Crippen LogP contribution in [0.15, 0.2) is 36.4 Å². The van der Waals surface area contributed by atoms with Crippen LogP contribution in [-0.4, -0.2) is 61.4 Å². The molecule has 0 radical (unpaired) electrons. The first-order valence-electron chi connectivity index (χ1n) is 17.3. The quantitative estimate of drug-likeness (QED) is 0.123. The Morgan fingerprint density at radius 2 is 1.60 bits per heavy atom. The van der Waals surface area contributed by atoms with E-state index in [0.717, 1.165) is 84.0 Å². The van der Waals surface area contributed by atoms with Crippen molar-refractivity contribution in [2.75, 3.05) is 33.0 Å². The Labute approximate surface area is 274 Å². The molecule has 1 saturated heterocycles. The van der Waals surface area contributed by atoms with Crippen LogP contribution in [-0.2, 0) is 18.9 Å². The second-order valence-corrected chi connectivity index (χ2v) is 13.2. The number of thiazole rings is 1. The number of hydrogen-bond acceptors (Lipinski definition) is 8. The summed E-state index contributed by atoms with van der Waals surface area (Å²) in [4.78, 5) is 4.78. The molecule has 0 saturated carbocycles. The summed E-state index contributed by atoms with van der Waals surface area (Å²) in [6, 6.07) is 12.1. The largest absolute Gasteiger partial charge is 0.493 e. The molecule has 1 N–H and O–H groups in total. The average Bonchev–Trinajstić information content (AvgIpc) is 3.48. The molecule has 8 heteroatoms. The Morgan fingerprint density at radius 3 is 2.33 bits per heavy atom. The maximum atomic E-state index is 11.7. The SMILES string of the molecule is CCCCOC[C@@H]1C[C@H](OCCCC)[C@@H](OCCCC)[C@H](c2cc(C(O)c3nc4ccccc4s3)c(C)cc2OCCCC)O1. The van der Waals surface area contributed by atoms with Gasteiger partial charge in [0, 0.05) is 31.8 Å². The van der Waals surface area contributed by atoms with Crippen LogP contribution in [0.3, 0.4) is 0 Å². The summed E-state index contributed by atoms with van der Waals surface area (Å²) in [6.07, 6.45) is 6.95. The van der Waals surface area contributed by atoms with E-state index in [0.29, 0.717) is 44.5 Å². The maximum Gasteiger partial charge on any atom is 0.131 e. The highest BCUT2D eigenvalue weighted by molar-refractivity contribution is 7.18. The predicted molar refractivity (Wildman–Crippen MR) is 183 cm³/mol. The molecule has 1 unspecified atom stereocenters. The van der Waals surface area contributed by atoms with Gasteiger partial charge in [-0.05, 0) is 68.0 Å². The molecular weight excluding hydrogens is 586 g/mol. The Bertz CT molecular complexity index is 1250. The monoisotopic (exact) mass is 641 g/mol. The highest BCUT2D eigenvalue weighted by Gasteiger charge is 2.43. The van der Waals surface area contributed by atoms with Gasteiger partial charge in [-0.25, -0.2) is 4.98 Å². The minimum absolute atomic E-state index is 0.144. The van der Waals surface area contributed by atoms with Gasteiger partial charge in [0.05, 0.1) is 35.6 Å². The second-order valence-electron chi connectivity index (χ2n) is 12.2. The summed E-state index contributed by atoms with van der Waals surface area (Å²) in [5, 5.41) is 12.4. The van der Waals surface area contributed by atoms with Crippen molar-refractivity contribution in [3.05, 3.63) is 58.1 Å². The number of nitrogens with zero attached hydrogens (tertiary/aromatic N) is 1. The van der Waals surface area contributed by atoms with Crippen LogP contribution in [0.4, 0.5) is 0 Å². The number of rotatable bonds is 20. The van der Waals surface area contributed by atoms with Gasteiger partial charge in [-0.1, -0.05) is 65.5 Å². The molecule has 3 aromatic rings. The number of fused-ring (bicyclic) bond motifs is 1. The third-order valence-corrected chi connectivity index (χ3v) is 9.47. The molecule has 0 spiro atoms. The van der Waals surface area contributed by atoms with Crippen molar-refractivity contribution in [3.8, 4) is 5.75 Å². The zero-order chi connectivity index (χ0) is 32.0. The lowest BCUT2D eigenvalue weighted by atomic mass is 9.89. The molecule has 250 valence electrons. The van der Waals surface area contributed by atoms with E-state index in [9.17, 15) is 5.11 Å². The minimum Gasteiger partial charge on any atom is -0.493 e. The Kier molecular flexibility index (Phi) is 15.0. The first-order chi connectivity index (χ1) is 22.0. The number of aliphatic hydroxyl groups is 1. The molecule has 0 aliphatic carbocycles. The number of para-hydroxylation sites is 1. The van der Waals surface area contributed by atoms with Gasteiger partial charge in [0.15, 0.2) is 0 Å². The van der Waals surface area contributed by atoms with Gasteiger partial charge in [0.25, 0.3) is 0 Å². The highest BCUT2D eigenvalue weighted by Crippen LogP contribution is 2.43. The summed E-state index contributed by atoms with van der Waals surface area (Å²) in [7, 11) is 0. The first-order valence-corrected chi connectivity index (χ1v) is 18.1. The molecular formula is C37H55NO6S. The maximum absolute atomic E-state index is 11.7. The molecule has 2 heterocycles. The van der Waals surface area contributed by atoms with Crippen molar-refractivity contribution >= 4 is 21.6 Å². The van der Waals surface area contributed by atoms with E-state index >= 15 is 0 Å². The van der Waals surface area contributed by atoms with Crippen LogP contribution in [0.2, 0.25) is 0 Å². The zero-order valence-corrected chi connectivity index (χ0v) is 28.9. The van der Waals surface area contributed by atoms with E-state index < -0.39 is 12.2 Å². The van der Waals surface area contributed by atoms with E-state index in [4.69, 9.17) is 28.7 Å². The Balaban J connectivity index is 1.75. The van der Waals surface area contributed by atoms with Crippen LogP contribution in [0, 0.1) is 6.92 Å². The summed E-state index contributed by atoms with van der Waals surface area (Å²) >= 11 is 1.53. The summed E-state index contributed by atoms with van der Waals surface area (Å²) in [5.41, 5.74) is 3.53. The number of aromatic nitrogens is 1. The van der Waals surface area contributed by atoms with E-state index in [1.54, 1.807) is 0 Å². The van der Waals surface area contributed by atoms with Gasteiger partial charge >= 0.3 is 0 Å². The fraction of sp³-hybridized carbons (Fsp3) is 0.649. The molecule has 0 bridgehead atoms. The van der Waals surface area contributed by atoms with Gasteiger partial charge in [-0.2, -0.15) is 0 Å². The fourth-order valence-electron chi connectivity index (χ4n) is 5.67. The molecule has 45 heavy (non-hydrogen) atoms. The van der Waals surface area contributed by atoms with Crippen molar-refractivity contribution in [2.45, 2.75) is 123 Å². The van der Waals surface area contributed by atoms with E-state index in [2.05, 4.69) is 39.8 Å². The highest BCUT2D eigenvalue weighted by atomic mass is 32.1. The standard InChI is InChI=1S/C37H55NO6S/c1-6-10-18-40-25-27-23-32(42-20-12-8-3)36(43-21-13-9-4)35(44-27)29-24-28(26(5)22-31(29)41-19-11-7-2)34(39)37-38-30-16-14-15-17-33(30)45-37/h14-17,22,24,27,32,34-36,39H,6-13,18-21,23,25H2,1-5H3/t27-,32-,34?,35-,36+/m0/s1. The number of unbranched alkanes of at least 4 members (excludes halogenated alkanes) is 4. The summed E-state index contributed by atoms with van der Waals surface area (Å²) in [5.74, 6) is 0.773. The fourth-order valence-corrected chi connectivity index (χ4v) is 6.64. The van der Waals surface area contributed by atoms with Crippen molar-refractivity contribution in [1.29, 1.82) is 0 Å². The number of benzene rings is 2. The lowest BCUT2D eigenvalue weighted by Gasteiger charge is -2.42. The van der Waals surface area contributed by atoms with Crippen molar-refractivity contribution in [1.82, 2.24) is 4.98 Å². The molecule has 1 aliphatic heterocycles. The molecule has 1 fully saturated rings. The van der Waals surface area contributed by atoms with Gasteiger partial charge in [0.1, 0.15) is 29.1 Å². The van der Waals surface area contributed by atoms with Crippen LogP contribution in [0.5, 0.6) is 5.75 Å². The Morgan fingerprint density at radius 1 is 0.911 bits per heavy atom. The predicted octanol–water partition coefficient (Wildman–Crippen LogP) is 8.88. The van der Waals surface area contributed by atoms with Gasteiger partial charge in [-0.3, -0.25) is 0 Å². The van der Waals surface area contributed by atoms with Crippen molar-refractivity contribution in [2.24, 2.45) is 0 Å². The molecule has 4 rings (SSSR count). The van der Waals surface area contributed by atoms with Crippen LogP contribution < -0.4 is 4.74 Å². The lowest BCUT2D eigenvalue weighted by Crippen LogP contribution is -2.48. The summed E-state index contributed by atoms with van der Waals surface area (Å²) in [6.45, 7) is 13.9. The van der Waals surface area contributed by atoms with Crippen LogP contribution in [0.25, 0.3) is 10.2 Å². The van der Waals surface area contributed by atoms with Crippen molar-refractivity contribution < 1.29 is 28.8 Å². The number of aliphatic hydroxyl groups excluding tert-OH is 1. The molecule has 7 nitrogen and oxygen atoms in total. The van der Waals surface area contributed by atoms with E-state index in [1.165, 1.54) is 11.3 Å². The lowest BCUT2D eigenvalue weighted by molar-refractivity contribution is -0.213. The summed E-state index contributed by atoms with van der Waals surface area (Å²) < 4.78 is 33.7. The first kappa shape index (κ1) is 35.8. The Hall–Kier alpha value is -2.07. The van der Waals surface area contributed by atoms with Gasteiger partial charge < -0.3 is 28.8 Å². The third-order valence-electron chi connectivity index (χ3n) is 8.38. The number of ether oxygens (including phenoxy) is 5. The minimum atomic E-state index is -0.876.